The predicted octanol–water partition coefficient (Wildman–Crippen LogP) is 2.93. The quantitative estimate of drug-likeness (QED) is 0.810. The monoisotopic (exact) mass is 259 g/mol. The lowest BCUT2D eigenvalue weighted by Gasteiger charge is -2.16. The van der Waals surface area contributed by atoms with Gasteiger partial charge in [0.05, 0.1) is 0 Å². The summed E-state index contributed by atoms with van der Waals surface area (Å²) in [6, 6.07) is 9.93. The summed E-state index contributed by atoms with van der Waals surface area (Å²) >= 11 is 11.6. The zero-order valence-electron chi connectivity index (χ0n) is 9.17. The molecule has 88 valence electrons. The minimum Gasteiger partial charge on any atom is -0.353 e. The molecule has 0 saturated carbocycles. The first-order valence-corrected chi connectivity index (χ1v) is 6.02. The molecule has 1 rings (SSSR count). The number of benzene rings is 1. The van der Waals surface area contributed by atoms with Crippen LogP contribution in [0.15, 0.2) is 30.3 Å². The van der Waals surface area contributed by atoms with Gasteiger partial charge >= 0.3 is 0 Å². The van der Waals surface area contributed by atoms with Crippen molar-refractivity contribution in [1.29, 1.82) is 0 Å². The van der Waals surface area contributed by atoms with E-state index in [1.807, 2.05) is 30.3 Å². The second kappa shape index (κ2) is 6.12. The molecule has 0 saturated heterocycles. The molecule has 2 nitrogen and oxygen atoms in total. The van der Waals surface area contributed by atoms with E-state index in [0.29, 0.717) is 13.0 Å². The average Bonchev–Trinajstić information content (AvgIpc) is 2.30. The molecule has 0 aromatic heterocycles. The van der Waals surface area contributed by atoms with Gasteiger partial charge in [-0.2, -0.15) is 0 Å². The Labute approximate surface area is 106 Å². The number of hydrogen-bond donors (Lipinski definition) is 1. The van der Waals surface area contributed by atoms with Gasteiger partial charge in [-0.3, -0.25) is 4.79 Å². The van der Waals surface area contributed by atoms with Crippen LogP contribution in [0.2, 0.25) is 0 Å². The molecule has 0 aliphatic rings. The Morgan fingerprint density at radius 2 is 1.94 bits per heavy atom. The van der Waals surface area contributed by atoms with E-state index >= 15 is 0 Å². The average molecular weight is 260 g/mol. The molecule has 0 atom stereocenters. The summed E-state index contributed by atoms with van der Waals surface area (Å²) < 4.78 is -1.31. The Bertz CT molecular complexity index is 338. The first-order valence-electron chi connectivity index (χ1n) is 5.26. The minimum absolute atomic E-state index is 0.325. The molecule has 0 spiro atoms. The fourth-order valence-corrected chi connectivity index (χ4v) is 1.39. The molecule has 0 radical (unpaired) electrons. The highest BCUT2D eigenvalue weighted by Crippen LogP contribution is 2.24. The molecule has 0 fully saturated rings. The lowest BCUT2D eigenvalue weighted by Crippen LogP contribution is -2.38. The lowest BCUT2D eigenvalue weighted by atomic mass is 10.1. The normalized spacial score (nSPS) is 11.2. The maximum Gasteiger partial charge on any atom is 0.256 e. The second-order valence-electron chi connectivity index (χ2n) is 3.55. The SMILES string of the molecule is CCC(Cl)(Cl)C(=O)NCCc1ccccc1. The summed E-state index contributed by atoms with van der Waals surface area (Å²) in [5.41, 5.74) is 1.18. The highest BCUT2D eigenvalue weighted by Gasteiger charge is 2.30. The van der Waals surface area contributed by atoms with Crippen molar-refractivity contribution < 1.29 is 4.79 Å². The molecule has 1 aromatic rings. The van der Waals surface area contributed by atoms with Gasteiger partial charge in [-0.25, -0.2) is 0 Å². The van der Waals surface area contributed by atoms with E-state index in [4.69, 9.17) is 23.2 Å². The maximum atomic E-state index is 11.5. The first-order chi connectivity index (χ1) is 7.56. The largest absolute Gasteiger partial charge is 0.353 e. The smallest absolute Gasteiger partial charge is 0.256 e. The van der Waals surface area contributed by atoms with Gasteiger partial charge in [0.1, 0.15) is 0 Å². The van der Waals surface area contributed by atoms with E-state index in [9.17, 15) is 4.79 Å². The molecule has 0 unspecified atom stereocenters. The lowest BCUT2D eigenvalue weighted by molar-refractivity contribution is -0.121. The third-order valence-corrected chi connectivity index (χ3v) is 3.20. The number of carbonyl (C=O) groups is 1. The fourth-order valence-electron chi connectivity index (χ4n) is 1.25. The molecule has 1 N–H and O–H groups in total. The van der Waals surface area contributed by atoms with Crippen LogP contribution in [0.5, 0.6) is 0 Å². The molecular formula is C12H15Cl2NO. The zero-order chi connectivity index (χ0) is 12.0. The number of nitrogens with one attached hydrogen (secondary N) is 1. The Kier molecular flexibility index (Phi) is 5.10. The van der Waals surface area contributed by atoms with Gasteiger partial charge in [0, 0.05) is 6.54 Å². The van der Waals surface area contributed by atoms with E-state index in [1.54, 1.807) is 6.92 Å². The van der Waals surface area contributed by atoms with Crippen molar-refractivity contribution in [3.63, 3.8) is 0 Å². The molecular weight excluding hydrogens is 245 g/mol. The number of alkyl halides is 2. The summed E-state index contributed by atoms with van der Waals surface area (Å²) in [6.45, 7) is 2.32. The summed E-state index contributed by atoms with van der Waals surface area (Å²) in [6.07, 6.45) is 1.17. The Balaban J connectivity index is 2.34. The van der Waals surface area contributed by atoms with E-state index in [1.165, 1.54) is 5.56 Å². The van der Waals surface area contributed by atoms with Crippen molar-refractivity contribution in [2.45, 2.75) is 24.1 Å². The number of carbonyl (C=O) groups excluding carboxylic acids is 1. The van der Waals surface area contributed by atoms with Gasteiger partial charge < -0.3 is 5.32 Å². The van der Waals surface area contributed by atoms with Crippen molar-refractivity contribution in [3.05, 3.63) is 35.9 Å². The van der Waals surface area contributed by atoms with Crippen LogP contribution in [0.1, 0.15) is 18.9 Å². The Morgan fingerprint density at radius 1 is 1.31 bits per heavy atom. The highest BCUT2D eigenvalue weighted by molar-refractivity contribution is 6.58. The molecule has 0 aliphatic carbocycles. The predicted molar refractivity (Wildman–Crippen MR) is 67.9 cm³/mol. The number of amides is 1. The van der Waals surface area contributed by atoms with Gasteiger partial charge in [0.15, 0.2) is 4.33 Å². The van der Waals surface area contributed by atoms with Crippen LogP contribution < -0.4 is 5.32 Å². The van der Waals surface area contributed by atoms with Crippen LogP contribution in [-0.4, -0.2) is 16.8 Å². The third kappa shape index (κ3) is 4.03. The van der Waals surface area contributed by atoms with Gasteiger partial charge in [-0.15, -0.1) is 0 Å². The van der Waals surface area contributed by atoms with E-state index in [2.05, 4.69) is 5.32 Å². The van der Waals surface area contributed by atoms with Gasteiger partial charge in [-0.05, 0) is 18.4 Å². The molecule has 1 aromatic carbocycles. The maximum absolute atomic E-state index is 11.5. The fraction of sp³-hybridized carbons (Fsp3) is 0.417. The van der Waals surface area contributed by atoms with Crippen molar-refractivity contribution in [2.24, 2.45) is 0 Å². The second-order valence-corrected chi connectivity index (χ2v) is 5.03. The molecule has 0 aliphatic heterocycles. The number of halogens is 2. The minimum atomic E-state index is -1.31. The van der Waals surface area contributed by atoms with Crippen molar-refractivity contribution >= 4 is 29.1 Å². The highest BCUT2D eigenvalue weighted by atomic mass is 35.5. The molecule has 1 amide bonds. The topological polar surface area (TPSA) is 29.1 Å². The number of rotatable bonds is 5. The van der Waals surface area contributed by atoms with Crippen molar-refractivity contribution in [1.82, 2.24) is 5.32 Å². The van der Waals surface area contributed by atoms with Crippen LogP contribution >= 0.6 is 23.2 Å². The number of hydrogen-bond acceptors (Lipinski definition) is 1. The Hall–Kier alpha value is -0.730. The Morgan fingerprint density at radius 3 is 2.50 bits per heavy atom. The molecule has 4 heteroatoms. The van der Waals surface area contributed by atoms with Gasteiger partial charge in [-0.1, -0.05) is 60.5 Å². The molecule has 0 bridgehead atoms. The van der Waals surface area contributed by atoms with Crippen molar-refractivity contribution in [2.75, 3.05) is 6.54 Å². The summed E-state index contributed by atoms with van der Waals surface area (Å²) in [7, 11) is 0. The third-order valence-electron chi connectivity index (χ3n) is 2.32. The summed E-state index contributed by atoms with van der Waals surface area (Å²) in [5.74, 6) is -0.325. The van der Waals surface area contributed by atoms with E-state index < -0.39 is 4.33 Å². The van der Waals surface area contributed by atoms with Gasteiger partial charge in [0.25, 0.3) is 5.91 Å². The standard InChI is InChI=1S/C12H15Cl2NO/c1-2-12(13,14)11(16)15-9-8-10-6-4-3-5-7-10/h3-7H,2,8-9H2,1H3,(H,15,16). The van der Waals surface area contributed by atoms with Crippen LogP contribution in [0, 0.1) is 0 Å². The van der Waals surface area contributed by atoms with Crippen LogP contribution in [-0.2, 0) is 11.2 Å². The summed E-state index contributed by atoms with van der Waals surface area (Å²) in [4.78, 5) is 11.5. The summed E-state index contributed by atoms with van der Waals surface area (Å²) in [5, 5.41) is 2.72. The van der Waals surface area contributed by atoms with Crippen LogP contribution in [0.4, 0.5) is 0 Å². The van der Waals surface area contributed by atoms with E-state index in [-0.39, 0.29) is 5.91 Å². The van der Waals surface area contributed by atoms with Crippen LogP contribution in [0.25, 0.3) is 0 Å². The van der Waals surface area contributed by atoms with E-state index in [0.717, 1.165) is 6.42 Å². The zero-order valence-corrected chi connectivity index (χ0v) is 10.7. The van der Waals surface area contributed by atoms with Crippen molar-refractivity contribution in [3.8, 4) is 0 Å². The van der Waals surface area contributed by atoms with Gasteiger partial charge in [0.2, 0.25) is 0 Å². The molecule has 16 heavy (non-hydrogen) atoms. The first kappa shape index (κ1) is 13.3. The molecule has 0 heterocycles. The van der Waals surface area contributed by atoms with Crippen LogP contribution in [0.3, 0.4) is 0 Å².